The first kappa shape index (κ1) is 25.3. The molecular formula is C26H31F3N2O4. The highest BCUT2D eigenvalue weighted by Crippen LogP contribution is 2.42. The summed E-state index contributed by atoms with van der Waals surface area (Å²) in [7, 11) is 1.41. The average Bonchev–Trinajstić information content (AvgIpc) is 2.82. The van der Waals surface area contributed by atoms with Crippen molar-refractivity contribution in [3.8, 4) is 11.6 Å². The maximum atomic E-state index is 13.3. The molecular weight excluding hydrogens is 461 g/mol. The van der Waals surface area contributed by atoms with Gasteiger partial charge in [-0.2, -0.15) is 13.2 Å². The molecule has 1 N–H and O–H groups in total. The number of benzene rings is 1. The van der Waals surface area contributed by atoms with Crippen LogP contribution < -0.4 is 9.47 Å². The molecule has 2 atom stereocenters. The highest BCUT2D eigenvalue weighted by atomic mass is 19.4. The van der Waals surface area contributed by atoms with Gasteiger partial charge in [-0.3, -0.25) is 9.69 Å². The number of hydrogen-bond acceptors (Lipinski definition) is 5. The number of pyridine rings is 1. The number of carboxylic acids is 1. The Bertz CT molecular complexity index is 1080. The number of aliphatic carboxylic acids is 1. The molecule has 9 heteroatoms. The van der Waals surface area contributed by atoms with E-state index in [0.29, 0.717) is 25.1 Å². The Kier molecular flexibility index (Phi) is 6.99. The summed E-state index contributed by atoms with van der Waals surface area (Å²) in [6, 6.07) is 6.80. The standard InChI is InChI=1S/C26H31F3N2O4/c1-16(24(32)33)12-18-4-5-19-6-7-25(35-22(19)13-18)8-10-31(11-9-25)17(2)21-14-20(26(27,28)29)15-30-23(21)34-3/h4-5,13-17H,6-12H2,1-3H3,(H,32,33). The van der Waals surface area contributed by atoms with Crippen molar-refractivity contribution < 1.29 is 32.5 Å². The molecule has 1 aromatic carbocycles. The number of piperidine rings is 1. The smallest absolute Gasteiger partial charge is 0.417 e. The number of nitrogens with zero attached hydrogens (tertiary/aromatic N) is 2. The zero-order valence-electron chi connectivity index (χ0n) is 20.2. The number of carboxylic acid groups (broad SMARTS) is 1. The minimum absolute atomic E-state index is 0.205. The Hall–Kier alpha value is -2.81. The summed E-state index contributed by atoms with van der Waals surface area (Å²) < 4.78 is 51.6. The molecule has 0 bridgehead atoms. The molecule has 0 aliphatic carbocycles. The Morgan fingerprint density at radius 3 is 2.57 bits per heavy atom. The van der Waals surface area contributed by atoms with Crippen molar-refractivity contribution >= 4 is 5.97 Å². The molecule has 4 rings (SSSR count). The lowest BCUT2D eigenvalue weighted by molar-refractivity contribution is -0.141. The van der Waals surface area contributed by atoms with Crippen LogP contribution in [0, 0.1) is 5.92 Å². The number of likely N-dealkylation sites (tertiary alicyclic amines) is 1. The SMILES string of the molecule is COc1ncc(C(F)(F)F)cc1C(C)N1CCC2(CCc3ccc(CC(C)C(=O)O)cc3O2)CC1. The van der Waals surface area contributed by atoms with Crippen LogP contribution in [0.3, 0.4) is 0 Å². The number of methoxy groups -OCH3 is 1. The fraction of sp³-hybridized carbons (Fsp3) is 0.538. The van der Waals surface area contributed by atoms with Gasteiger partial charge in [-0.05, 0) is 62.3 Å². The number of alkyl halides is 3. The number of aromatic nitrogens is 1. The Balaban J connectivity index is 1.46. The van der Waals surface area contributed by atoms with Gasteiger partial charge in [-0.25, -0.2) is 4.98 Å². The maximum absolute atomic E-state index is 13.3. The van der Waals surface area contributed by atoms with Gasteiger partial charge in [0.1, 0.15) is 11.4 Å². The van der Waals surface area contributed by atoms with E-state index in [-0.39, 0.29) is 17.5 Å². The quantitative estimate of drug-likeness (QED) is 0.591. The minimum Gasteiger partial charge on any atom is -0.487 e. The summed E-state index contributed by atoms with van der Waals surface area (Å²) in [5, 5.41) is 9.22. The van der Waals surface area contributed by atoms with Crippen LogP contribution in [0.25, 0.3) is 0 Å². The van der Waals surface area contributed by atoms with Crippen molar-refractivity contribution in [1.29, 1.82) is 0 Å². The van der Waals surface area contributed by atoms with Crippen molar-refractivity contribution in [2.75, 3.05) is 20.2 Å². The number of hydrogen-bond donors (Lipinski definition) is 1. The van der Waals surface area contributed by atoms with E-state index >= 15 is 0 Å². The summed E-state index contributed by atoms with van der Waals surface area (Å²) in [6.45, 7) is 4.91. The highest BCUT2D eigenvalue weighted by molar-refractivity contribution is 5.70. The largest absolute Gasteiger partial charge is 0.487 e. The molecule has 1 spiro atoms. The lowest BCUT2D eigenvalue weighted by Gasteiger charge is -2.46. The fourth-order valence-electron chi connectivity index (χ4n) is 5.08. The van der Waals surface area contributed by atoms with Crippen LogP contribution in [-0.4, -0.2) is 46.8 Å². The van der Waals surface area contributed by atoms with Crippen molar-refractivity contribution in [1.82, 2.24) is 9.88 Å². The monoisotopic (exact) mass is 492 g/mol. The summed E-state index contributed by atoms with van der Waals surface area (Å²) in [4.78, 5) is 17.3. The lowest BCUT2D eigenvalue weighted by atomic mass is 9.82. The van der Waals surface area contributed by atoms with E-state index in [0.717, 1.165) is 54.8 Å². The van der Waals surface area contributed by atoms with Gasteiger partial charge in [0.15, 0.2) is 0 Å². The normalized spacial score (nSPS) is 19.5. The minimum atomic E-state index is -4.47. The molecule has 0 radical (unpaired) electrons. The van der Waals surface area contributed by atoms with E-state index < -0.39 is 23.6 Å². The molecule has 2 aliphatic heterocycles. The number of halogens is 3. The zero-order valence-corrected chi connectivity index (χ0v) is 20.2. The van der Waals surface area contributed by atoms with E-state index in [2.05, 4.69) is 9.88 Å². The third kappa shape index (κ3) is 5.39. The van der Waals surface area contributed by atoms with Gasteiger partial charge in [0, 0.05) is 30.9 Å². The number of aryl methyl sites for hydroxylation is 1. The van der Waals surface area contributed by atoms with Gasteiger partial charge in [0.25, 0.3) is 0 Å². The van der Waals surface area contributed by atoms with Crippen LogP contribution in [0.5, 0.6) is 11.6 Å². The Morgan fingerprint density at radius 1 is 1.23 bits per heavy atom. The van der Waals surface area contributed by atoms with Crippen molar-refractivity contribution in [3.05, 3.63) is 52.7 Å². The zero-order chi connectivity index (χ0) is 25.4. The van der Waals surface area contributed by atoms with E-state index in [9.17, 15) is 23.1 Å². The number of rotatable bonds is 6. The molecule has 1 saturated heterocycles. The first-order valence-corrected chi connectivity index (χ1v) is 11.9. The van der Waals surface area contributed by atoms with Crippen LogP contribution in [0.1, 0.15) is 61.4 Å². The van der Waals surface area contributed by atoms with Crippen molar-refractivity contribution in [3.63, 3.8) is 0 Å². The number of carbonyl (C=O) groups is 1. The van der Waals surface area contributed by atoms with Gasteiger partial charge in [0.2, 0.25) is 5.88 Å². The van der Waals surface area contributed by atoms with Crippen LogP contribution in [-0.2, 0) is 23.8 Å². The summed E-state index contributed by atoms with van der Waals surface area (Å²) >= 11 is 0. The van der Waals surface area contributed by atoms with Crippen molar-refractivity contribution in [2.45, 2.75) is 63.8 Å². The van der Waals surface area contributed by atoms with E-state index in [1.807, 2.05) is 25.1 Å². The maximum Gasteiger partial charge on any atom is 0.417 e. The molecule has 2 aliphatic rings. The van der Waals surface area contributed by atoms with Gasteiger partial charge in [-0.1, -0.05) is 19.1 Å². The molecule has 1 aromatic heterocycles. The third-order valence-electron chi connectivity index (χ3n) is 7.38. The van der Waals surface area contributed by atoms with Crippen LogP contribution in [0.4, 0.5) is 13.2 Å². The fourth-order valence-corrected chi connectivity index (χ4v) is 5.08. The second-order valence-electron chi connectivity index (χ2n) is 9.70. The summed E-state index contributed by atoms with van der Waals surface area (Å²) in [5.41, 5.74) is 1.37. The number of ether oxygens (including phenoxy) is 2. The van der Waals surface area contributed by atoms with Gasteiger partial charge < -0.3 is 14.6 Å². The van der Waals surface area contributed by atoms with Gasteiger partial charge >= 0.3 is 12.1 Å². The number of fused-ring (bicyclic) bond motifs is 1. The molecule has 35 heavy (non-hydrogen) atoms. The summed E-state index contributed by atoms with van der Waals surface area (Å²) in [6.07, 6.45) is 0.0370. The van der Waals surface area contributed by atoms with Crippen LogP contribution >= 0.6 is 0 Å². The predicted molar refractivity (Wildman–Crippen MR) is 124 cm³/mol. The molecule has 2 unspecified atom stereocenters. The molecule has 190 valence electrons. The topological polar surface area (TPSA) is 71.9 Å². The molecule has 3 heterocycles. The van der Waals surface area contributed by atoms with Crippen molar-refractivity contribution in [2.24, 2.45) is 5.92 Å². The van der Waals surface area contributed by atoms with E-state index in [4.69, 9.17) is 9.47 Å². The van der Waals surface area contributed by atoms with Crippen LogP contribution in [0.2, 0.25) is 0 Å². The lowest BCUT2D eigenvalue weighted by Crippen LogP contribution is -2.50. The van der Waals surface area contributed by atoms with Gasteiger partial charge in [0.05, 0.1) is 18.6 Å². The predicted octanol–water partition coefficient (Wildman–Crippen LogP) is 5.29. The van der Waals surface area contributed by atoms with Crippen LogP contribution in [0.15, 0.2) is 30.5 Å². The molecule has 0 saturated carbocycles. The molecule has 1 fully saturated rings. The molecule has 6 nitrogen and oxygen atoms in total. The van der Waals surface area contributed by atoms with E-state index in [1.54, 1.807) is 6.92 Å². The summed E-state index contributed by atoms with van der Waals surface area (Å²) in [5.74, 6) is -0.278. The molecule has 0 amide bonds. The average molecular weight is 493 g/mol. The second-order valence-corrected chi connectivity index (χ2v) is 9.70. The second kappa shape index (κ2) is 9.68. The van der Waals surface area contributed by atoms with Gasteiger partial charge in [-0.15, -0.1) is 0 Å². The Labute approximate surface area is 203 Å². The first-order valence-electron chi connectivity index (χ1n) is 11.9. The molecule has 2 aromatic rings. The third-order valence-corrected chi connectivity index (χ3v) is 7.38. The van der Waals surface area contributed by atoms with E-state index in [1.165, 1.54) is 7.11 Å². The highest BCUT2D eigenvalue weighted by Gasteiger charge is 2.41. The first-order chi connectivity index (χ1) is 16.5. The Morgan fingerprint density at radius 2 is 1.94 bits per heavy atom.